The summed E-state index contributed by atoms with van der Waals surface area (Å²) in [6.45, 7) is 1.89. The van der Waals surface area contributed by atoms with Crippen molar-refractivity contribution >= 4 is 23.4 Å². The third kappa shape index (κ3) is 5.64. The van der Waals surface area contributed by atoms with E-state index in [4.69, 9.17) is 11.6 Å². The van der Waals surface area contributed by atoms with Crippen LogP contribution in [0.3, 0.4) is 0 Å². The van der Waals surface area contributed by atoms with Gasteiger partial charge in [-0.2, -0.15) is 11.8 Å². The lowest BCUT2D eigenvalue weighted by atomic mass is 10.2. The average molecular weight is 293 g/mol. The third-order valence-electron chi connectivity index (χ3n) is 2.66. The zero-order valence-electron chi connectivity index (χ0n) is 10.7. The van der Waals surface area contributed by atoms with Gasteiger partial charge in [0, 0.05) is 42.0 Å². The number of nitrogens with one attached hydrogen (secondary N) is 1. The quantitative estimate of drug-likeness (QED) is 0.787. The predicted octanol–water partition coefficient (Wildman–Crippen LogP) is 3.76. The number of nitrogens with zero attached hydrogens (tertiary/aromatic N) is 1. The minimum Gasteiger partial charge on any atom is -0.312 e. The van der Waals surface area contributed by atoms with Crippen LogP contribution in [0, 0.1) is 0 Å². The molecule has 0 radical (unpaired) electrons. The minimum absolute atomic E-state index is 0.798. The van der Waals surface area contributed by atoms with E-state index < -0.39 is 0 Å². The summed E-state index contributed by atoms with van der Waals surface area (Å²) in [5.41, 5.74) is 2.55. The molecule has 0 spiro atoms. The van der Waals surface area contributed by atoms with E-state index >= 15 is 0 Å². The highest BCUT2D eigenvalue weighted by molar-refractivity contribution is 7.98. The summed E-state index contributed by atoms with van der Waals surface area (Å²) in [6.07, 6.45) is 3.69. The molecular formula is C15H17ClN2S. The van der Waals surface area contributed by atoms with E-state index in [1.165, 1.54) is 11.1 Å². The summed E-state index contributed by atoms with van der Waals surface area (Å²) in [7, 11) is 0. The topological polar surface area (TPSA) is 24.9 Å². The number of aromatic nitrogens is 1. The second-order valence-electron chi connectivity index (χ2n) is 4.22. The van der Waals surface area contributed by atoms with Crippen molar-refractivity contribution in [3.63, 3.8) is 0 Å². The van der Waals surface area contributed by atoms with Crippen LogP contribution < -0.4 is 5.32 Å². The van der Waals surface area contributed by atoms with Crippen molar-refractivity contribution in [1.29, 1.82) is 0 Å². The molecule has 1 heterocycles. The number of thioether (sulfide) groups is 1. The van der Waals surface area contributed by atoms with Crippen LogP contribution in [0.2, 0.25) is 5.02 Å². The molecule has 100 valence electrons. The molecule has 0 saturated carbocycles. The number of halogens is 1. The Kier molecular flexibility index (Phi) is 6.21. The van der Waals surface area contributed by atoms with Crippen LogP contribution in [0.15, 0.2) is 48.8 Å². The first kappa shape index (κ1) is 14.4. The van der Waals surface area contributed by atoms with Crippen LogP contribution in [0.25, 0.3) is 0 Å². The zero-order chi connectivity index (χ0) is 13.3. The monoisotopic (exact) mass is 292 g/mol. The van der Waals surface area contributed by atoms with Gasteiger partial charge < -0.3 is 5.32 Å². The highest BCUT2D eigenvalue weighted by atomic mass is 35.5. The maximum Gasteiger partial charge on any atom is 0.0406 e. The molecular weight excluding hydrogens is 276 g/mol. The molecule has 0 aliphatic heterocycles. The van der Waals surface area contributed by atoms with Crippen molar-refractivity contribution in [2.24, 2.45) is 0 Å². The number of benzene rings is 1. The maximum absolute atomic E-state index is 5.85. The fraction of sp³-hybridized carbons (Fsp3) is 0.267. The van der Waals surface area contributed by atoms with Crippen molar-refractivity contribution in [2.45, 2.75) is 12.3 Å². The first-order valence-corrected chi connectivity index (χ1v) is 7.79. The Bertz CT molecular complexity index is 473. The Morgan fingerprint density at radius 1 is 1.11 bits per heavy atom. The van der Waals surface area contributed by atoms with Crippen LogP contribution in [0.4, 0.5) is 0 Å². The molecule has 2 rings (SSSR count). The summed E-state index contributed by atoms with van der Waals surface area (Å²) in [4.78, 5) is 4.09. The highest BCUT2D eigenvalue weighted by Crippen LogP contribution is 2.14. The summed E-state index contributed by atoms with van der Waals surface area (Å²) in [5, 5.41) is 4.21. The molecule has 0 aliphatic rings. The van der Waals surface area contributed by atoms with Crippen molar-refractivity contribution in [3.05, 3.63) is 64.9 Å². The van der Waals surface area contributed by atoms with Crippen LogP contribution >= 0.6 is 23.4 Å². The second kappa shape index (κ2) is 8.20. The first-order chi connectivity index (χ1) is 9.34. The van der Waals surface area contributed by atoms with Gasteiger partial charge in [0.05, 0.1) is 0 Å². The molecule has 1 aromatic heterocycles. The Morgan fingerprint density at radius 2 is 1.95 bits per heavy atom. The van der Waals surface area contributed by atoms with Crippen LogP contribution in [-0.4, -0.2) is 17.3 Å². The molecule has 2 nitrogen and oxygen atoms in total. The van der Waals surface area contributed by atoms with Crippen LogP contribution in [0.1, 0.15) is 11.1 Å². The Labute approximate surface area is 123 Å². The molecule has 0 fully saturated rings. The standard InChI is InChI=1S/C15H17ClN2S/c16-15-5-3-13(4-6-15)12-19-9-8-18-11-14-2-1-7-17-10-14/h1-7,10,18H,8-9,11-12H2. The van der Waals surface area contributed by atoms with Gasteiger partial charge in [-0.1, -0.05) is 29.8 Å². The van der Waals surface area contributed by atoms with E-state index in [9.17, 15) is 0 Å². The van der Waals surface area contributed by atoms with Gasteiger partial charge in [-0.3, -0.25) is 4.98 Å². The van der Waals surface area contributed by atoms with Crippen molar-refractivity contribution < 1.29 is 0 Å². The number of hydrogen-bond acceptors (Lipinski definition) is 3. The third-order valence-corrected chi connectivity index (χ3v) is 3.94. The normalized spacial score (nSPS) is 10.6. The first-order valence-electron chi connectivity index (χ1n) is 6.26. The molecule has 0 atom stereocenters. The van der Waals surface area contributed by atoms with E-state index in [0.717, 1.165) is 29.6 Å². The Balaban J connectivity index is 1.56. The lowest BCUT2D eigenvalue weighted by molar-refractivity contribution is 0.729. The summed E-state index contributed by atoms with van der Waals surface area (Å²) >= 11 is 7.78. The van der Waals surface area contributed by atoms with E-state index in [0.29, 0.717) is 0 Å². The molecule has 2 aromatic rings. The van der Waals surface area contributed by atoms with Gasteiger partial charge in [0.2, 0.25) is 0 Å². The SMILES string of the molecule is Clc1ccc(CSCCNCc2cccnc2)cc1. The molecule has 1 N–H and O–H groups in total. The molecule has 0 unspecified atom stereocenters. The predicted molar refractivity (Wildman–Crippen MR) is 83.6 cm³/mol. The van der Waals surface area contributed by atoms with E-state index in [1.54, 1.807) is 6.20 Å². The fourth-order valence-corrected chi connectivity index (χ4v) is 2.64. The molecule has 19 heavy (non-hydrogen) atoms. The van der Waals surface area contributed by atoms with Gasteiger partial charge in [0.25, 0.3) is 0 Å². The summed E-state index contributed by atoms with van der Waals surface area (Å²) < 4.78 is 0. The van der Waals surface area contributed by atoms with Crippen molar-refractivity contribution in [1.82, 2.24) is 10.3 Å². The van der Waals surface area contributed by atoms with Gasteiger partial charge in [0.1, 0.15) is 0 Å². The Morgan fingerprint density at radius 3 is 2.68 bits per heavy atom. The molecule has 4 heteroatoms. The molecule has 0 bridgehead atoms. The number of rotatable bonds is 7. The van der Waals surface area contributed by atoms with Crippen LogP contribution in [-0.2, 0) is 12.3 Å². The second-order valence-corrected chi connectivity index (χ2v) is 5.76. The van der Waals surface area contributed by atoms with Crippen LogP contribution in [0.5, 0.6) is 0 Å². The van der Waals surface area contributed by atoms with E-state index in [-0.39, 0.29) is 0 Å². The van der Waals surface area contributed by atoms with E-state index in [1.807, 2.05) is 36.2 Å². The van der Waals surface area contributed by atoms with Crippen molar-refractivity contribution in [3.8, 4) is 0 Å². The van der Waals surface area contributed by atoms with Gasteiger partial charge in [0.15, 0.2) is 0 Å². The number of pyridine rings is 1. The molecule has 1 aromatic carbocycles. The lowest BCUT2D eigenvalue weighted by Crippen LogP contribution is -2.16. The highest BCUT2D eigenvalue weighted by Gasteiger charge is 1.95. The minimum atomic E-state index is 0.798. The summed E-state index contributed by atoms with van der Waals surface area (Å²) in [6, 6.07) is 12.1. The maximum atomic E-state index is 5.85. The average Bonchev–Trinajstić information content (AvgIpc) is 2.46. The molecule has 0 amide bonds. The molecule has 0 aliphatic carbocycles. The van der Waals surface area contributed by atoms with Gasteiger partial charge in [-0.05, 0) is 29.3 Å². The zero-order valence-corrected chi connectivity index (χ0v) is 12.3. The largest absolute Gasteiger partial charge is 0.312 e. The smallest absolute Gasteiger partial charge is 0.0406 e. The van der Waals surface area contributed by atoms with Gasteiger partial charge in [-0.25, -0.2) is 0 Å². The van der Waals surface area contributed by atoms with Gasteiger partial charge >= 0.3 is 0 Å². The van der Waals surface area contributed by atoms with Gasteiger partial charge in [-0.15, -0.1) is 0 Å². The molecule has 0 saturated heterocycles. The summed E-state index contributed by atoms with van der Waals surface area (Å²) in [5.74, 6) is 2.13. The lowest BCUT2D eigenvalue weighted by Gasteiger charge is -2.05. The van der Waals surface area contributed by atoms with Crippen molar-refractivity contribution in [2.75, 3.05) is 12.3 Å². The fourth-order valence-electron chi connectivity index (χ4n) is 1.65. The Hall–Kier alpha value is -1.03. The number of hydrogen-bond donors (Lipinski definition) is 1. The van der Waals surface area contributed by atoms with E-state index in [2.05, 4.69) is 28.5 Å².